The molecule has 4 heteroatoms. The molecule has 0 heterocycles. The number of rotatable bonds is 7. The minimum atomic E-state index is 0.0740. The lowest BCUT2D eigenvalue weighted by molar-refractivity contribution is -0.121. The smallest absolute Gasteiger partial charge is 0.219 e. The van der Waals surface area contributed by atoms with Crippen molar-refractivity contribution in [1.82, 2.24) is 10.6 Å². The molecule has 0 saturated heterocycles. The monoisotopic (exact) mass is 188 g/mol. The number of hydrogen-bond donors (Lipinski definition) is 2. The van der Waals surface area contributed by atoms with Crippen molar-refractivity contribution >= 4 is 5.91 Å². The molecule has 2 N–H and O–H groups in total. The molecule has 0 aromatic heterocycles. The highest BCUT2D eigenvalue weighted by Crippen LogP contribution is 1.94. The van der Waals surface area contributed by atoms with Crippen molar-refractivity contribution in [1.29, 1.82) is 0 Å². The van der Waals surface area contributed by atoms with Crippen molar-refractivity contribution in [3.63, 3.8) is 0 Å². The lowest BCUT2D eigenvalue weighted by Crippen LogP contribution is -2.24. The zero-order valence-electron chi connectivity index (χ0n) is 8.72. The van der Waals surface area contributed by atoms with Crippen LogP contribution < -0.4 is 10.6 Å². The summed E-state index contributed by atoms with van der Waals surface area (Å²) in [6.07, 6.45) is 1.55. The lowest BCUT2D eigenvalue weighted by Gasteiger charge is -2.11. The average molecular weight is 188 g/mol. The summed E-state index contributed by atoms with van der Waals surface area (Å²) in [7, 11) is 3.54. The SMILES string of the molecule is CNCC(C)OCCCC(=O)NC. The molecule has 0 aromatic carbocycles. The number of ether oxygens (including phenoxy) is 1. The van der Waals surface area contributed by atoms with Crippen molar-refractivity contribution in [2.45, 2.75) is 25.9 Å². The van der Waals surface area contributed by atoms with Crippen molar-refractivity contribution in [2.24, 2.45) is 0 Å². The van der Waals surface area contributed by atoms with Gasteiger partial charge in [-0.1, -0.05) is 0 Å². The highest BCUT2D eigenvalue weighted by molar-refractivity contribution is 5.75. The molecular weight excluding hydrogens is 168 g/mol. The highest BCUT2D eigenvalue weighted by Gasteiger charge is 2.01. The molecule has 0 aliphatic rings. The largest absolute Gasteiger partial charge is 0.377 e. The second-order valence-electron chi connectivity index (χ2n) is 3.02. The number of amides is 1. The molecule has 0 rings (SSSR count). The molecule has 1 unspecified atom stereocenters. The Hall–Kier alpha value is -0.610. The first-order valence-corrected chi connectivity index (χ1v) is 4.67. The van der Waals surface area contributed by atoms with Crippen LogP contribution in [0.1, 0.15) is 19.8 Å². The van der Waals surface area contributed by atoms with Crippen LogP contribution in [0.25, 0.3) is 0 Å². The summed E-state index contributed by atoms with van der Waals surface area (Å²) in [5, 5.41) is 5.60. The van der Waals surface area contributed by atoms with Crippen LogP contribution >= 0.6 is 0 Å². The zero-order chi connectivity index (χ0) is 10.1. The van der Waals surface area contributed by atoms with Gasteiger partial charge in [0.2, 0.25) is 5.91 Å². The maximum Gasteiger partial charge on any atom is 0.219 e. The molecule has 1 atom stereocenters. The first-order chi connectivity index (χ1) is 6.20. The van der Waals surface area contributed by atoms with Gasteiger partial charge in [-0.3, -0.25) is 4.79 Å². The van der Waals surface area contributed by atoms with Crippen LogP contribution in [-0.4, -0.2) is 39.3 Å². The van der Waals surface area contributed by atoms with E-state index in [1.54, 1.807) is 7.05 Å². The minimum absolute atomic E-state index is 0.0740. The van der Waals surface area contributed by atoms with Gasteiger partial charge in [-0.25, -0.2) is 0 Å². The van der Waals surface area contributed by atoms with Crippen molar-refractivity contribution in [3.05, 3.63) is 0 Å². The second kappa shape index (κ2) is 8.01. The first-order valence-electron chi connectivity index (χ1n) is 4.67. The number of carbonyl (C=O) groups excluding carboxylic acids is 1. The summed E-state index contributed by atoms with van der Waals surface area (Å²) in [6, 6.07) is 0. The Morgan fingerprint density at radius 1 is 1.46 bits per heavy atom. The molecule has 4 nitrogen and oxygen atoms in total. The van der Waals surface area contributed by atoms with Gasteiger partial charge in [0, 0.05) is 26.6 Å². The van der Waals surface area contributed by atoms with Gasteiger partial charge in [0.25, 0.3) is 0 Å². The molecular formula is C9H20N2O2. The summed E-state index contributed by atoms with van der Waals surface area (Å²) < 4.78 is 5.43. The van der Waals surface area contributed by atoms with E-state index in [9.17, 15) is 4.79 Å². The van der Waals surface area contributed by atoms with E-state index in [-0.39, 0.29) is 12.0 Å². The minimum Gasteiger partial charge on any atom is -0.377 e. The lowest BCUT2D eigenvalue weighted by atomic mass is 10.3. The normalized spacial score (nSPS) is 12.5. The molecule has 0 aromatic rings. The fourth-order valence-corrected chi connectivity index (χ4v) is 0.989. The summed E-state index contributed by atoms with van der Waals surface area (Å²) in [6.45, 7) is 3.51. The van der Waals surface area contributed by atoms with Crippen LogP contribution in [0, 0.1) is 0 Å². The Labute approximate surface area is 80.0 Å². The molecule has 0 aliphatic heterocycles. The standard InChI is InChI=1S/C9H20N2O2/c1-8(7-10-2)13-6-4-5-9(12)11-3/h8,10H,4-7H2,1-3H3,(H,11,12). The summed E-state index contributed by atoms with van der Waals surface area (Å²) in [4.78, 5) is 10.8. The number of likely N-dealkylation sites (N-methyl/N-ethyl adjacent to an activating group) is 1. The Balaban J connectivity index is 3.20. The third-order valence-electron chi connectivity index (χ3n) is 1.72. The van der Waals surface area contributed by atoms with Crippen LogP contribution in [0.3, 0.4) is 0 Å². The second-order valence-corrected chi connectivity index (χ2v) is 3.02. The van der Waals surface area contributed by atoms with Crippen LogP contribution in [0.4, 0.5) is 0 Å². The topological polar surface area (TPSA) is 50.4 Å². The number of hydrogen-bond acceptors (Lipinski definition) is 3. The third-order valence-corrected chi connectivity index (χ3v) is 1.72. The van der Waals surface area contributed by atoms with E-state index in [1.165, 1.54) is 0 Å². The van der Waals surface area contributed by atoms with E-state index in [0.29, 0.717) is 13.0 Å². The molecule has 13 heavy (non-hydrogen) atoms. The van der Waals surface area contributed by atoms with Gasteiger partial charge in [0.1, 0.15) is 0 Å². The van der Waals surface area contributed by atoms with E-state index in [4.69, 9.17) is 4.74 Å². The summed E-state index contributed by atoms with van der Waals surface area (Å²) in [5.41, 5.74) is 0. The van der Waals surface area contributed by atoms with E-state index in [2.05, 4.69) is 10.6 Å². The Kier molecular flexibility index (Phi) is 7.63. The van der Waals surface area contributed by atoms with Crippen LogP contribution in [0.2, 0.25) is 0 Å². The molecule has 0 aliphatic carbocycles. The zero-order valence-corrected chi connectivity index (χ0v) is 8.72. The number of nitrogens with one attached hydrogen (secondary N) is 2. The van der Waals surface area contributed by atoms with Gasteiger partial charge in [-0.05, 0) is 20.4 Å². The fraction of sp³-hybridized carbons (Fsp3) is 0.889. The fourth-order valence-electron chi connectivity index (χ4n) is 0.989. The molecule has 1 amide bonds. The maximum absolute atomic E-state index is 10.8. The average Bonchev–Trinajstić information content (AvgIpc) is 2.12. The van der Waals surface area contributed by atoms with Crippen molar-refractivity contribution in [2.75, 3.05) is 27.2 Å². The highest BCUT2D eigenvalue weighted by atomic mass is 16.5. The Bertz CT molecular complexity index is 140. The van der Waals surface area contributed by atoms with Gasteiger partial charge in [-0.2, -0.15) is 0 Å². The van der Waals surface area contributed by atoms with E-state index < -0.39 is 0 Å². The van der Waals surface area contributed by atoms with Crippen LogP contribution in [0.15, 0.2) is 0 Å². The third kappa shape index (κ3) is 7.74. The van der Waals surface area contributed by atoms with Gasteiger partial charge >= 0.3 is 0 Å². The molecule has 78 valence electrons. The van der Waals surface area contributed by atoms with Gasteiger partial charge in [-0.15, -0.1) is 0 Å². The number of carbonyl (C=O) groups is 1. The molecule has 0 spiro atoms. The van der Waals surface area contributed by atoms with Crippen molar-refractivity contribution in [3.8, 4) is 0 Å². The maximum atomic E-state index is 10.8. The quantitative estimate of drug-likeness (QED) is 0.559. The summed E-state index contributed by atoms with van der Waals surface area (Å²) in [5.74, 6) is 0.0740. The predicted octanol–water partition coefficient (Wildman–Crippen LogP) is 0.137. The van der Waals surface area contributed by atoms with Gasteiger partial charge < -0.3 is 15.4 Å². The molecule has 0 bridgehead atoms. The Morgan fingerprint density at radius 2 is 2.15 bits per heavy atom. The van der Waals surface area contributed by atoms with Gasteiger partial charge in [0.05, 0.1) is 6.10 Å². The van der Waals surface area contributed by atoms with Crippen LogP contribution in [0.5, 0.6) is 0 Å². The predicted molar refractivity (Wildman–Crippen MR) is 52.6 cm³/mol. The van der Waals surface area contributed by atoms with Gasteiger partial charge in [0.15, 0.2) is 0 Å². The molecule has 0 saturated carbocycles. The van der Waals surface area contributed by atoms with Crippen molar-refractivity contribution < 1.29 is 9.53 Å². The Morgan fingerprint density at radius 3 is 2.69 bits per heavy atom. The van der Waals surface area contributed by atoms with E-state index in [0.717, 1.165) is 13.0 Å². The van der Waals surface area contributed by atoms with E-state index >= 15 is 0 Å². The first kappa shape index (κ1) is 12.4. The van der Waals surface area contributed by atoms with Crippen LogP contribution in [-0.2, 0) is 9.53 Å². The van der Waals surface area contributed by atoms with E-state index in [1.807, 2.05) is 14.0 Å². The summed E-state index contributed by atoms with van der Waals surface area (Å²) >= 11 is 0. The molecule has 0 radical (unpaired) electrons. The molecule has 0 fully saturated rings.